The van der Waals surface area contributed by atoms with Gasteiger partial charge in [-0.1, -0.05) is 57.0 Å². The van der Waals surface area contributed by atoms with E-state index in [4.69, 9.17) is 5.73 Å². The third kappa shape index (κ3) is 9.49. The van der Waals surface area contributed by atoms with Crippen LogP contribution in [0.25, 0.3) is 10.8 Å². The van der Waals surface area contributed by atoms with Crippen LogP contribution in [0.4, 0.5) is 4.79 Å². The monoisotopic (exact) mass is 659 g/mol. The lowest BCUT2D eigenvalue weighted by atomic mass is 9.66. The number of sulfonamides is 1. The van der Waals surface area contributed by atoms with Crippen LogP contribution in [-0.4, -0.2) is 79.7 Å². The molecule has 0 aliphatic carbocycles. The number of benzene rings is 2. The Labute approximate surface area is 269 Å². The second-order valence-corrected chi connectivity index (χ2v) is 13.5. The molecule has 0 saturated carbocycles. The molecular formula is C32H45N5O8S. The first-order chi connectivity index (χ1) is 21.8. The summed E-state index contributed by atoms with van der Waals surface area (Å²) in [5.74, 6) is -2.85. The van der Waals surface area contributed by atoms with E-state index in [1.54, 1.807) is 25.1 Å². The number of carbonyl (C=O) groups excluding carboxylic acids is 4. The summed E-state index contributed by atoms with van der Waals surface area (Å²) in [6.45, 7) is 4.22. The van der Waals surface area contributed by atoms with Crippen LogP contribution in [0.5, 0.6) is 0 Å². The molecule has 14 heteroatoms. The van der Waals surface area contributed by atoms with Gasteiger partial charge in [-0.05, 0) is 60.4 Å². The number of fused-ring (bicyclic) bond motifs is 1. The van der Waals surface area contributed by atoms with Gasteiger partial charge in [-0.2, -0.15) is 4.72 Å². The predicted octanol–water partition coefficient (Wildman–Crippen LogP) is 2.67. The van der Waals surface area contributed by atoms with Crippen LogP contribution in [0, 0.1) is 5.41 Å². The van der Waals surface area contributed by atoms with E-state index in [2.05, 4.69) is 15.4 Å². The van der Waals surface area contributed by atoms with E-state index in [1.807, 2.05) is 19.1 Å². The van der Waals surface area contributed by atoms with Crippen LogP contribution in [0.1, 0.15) is 71.6 Å². The highest BCUT2D eigenvalue weighted by atomic mass is 32.2. The molecule has 3 rings (SSSR count). The Balaban J connectivity index is 1.69. The fraction of sp³-hybridized carbons (Fsp3) is 0.531. The maximum absolute atomic E-state index is 13.1. The van der Waals surface area contributed by atoms with Gasteiger partial charge in [-0.15, -0.1) is 0 Å². The second kappa shape index (κ2) is 16.5. The van der Waals surface area contributed by atoms with Gasteiger partial charge in [0.25, 0.3) is 5.91 Å². The molecule has 0 bridgehead atoms. The first-order valence-corrected chi connectivity index (χ1v) is 17.2. The minimum atomic E-state index is -4.19. The number of nitrogens with two attached hydrogens (primary N) is 1. The number of hydrogen-bond donors (Lipinski definition) is 5. The molecule has 1 heterocycles. The molecule has 13 nitrogen and oxygen atoms in total. The zero-order valence-corrected chi connectivity index (χ0v) is 27.2. The van der Waals surface area contributed by atoms with Crippen LogP contribution in [-0.2, 0) is 29.2 Å². The Hall–Kier alpha value is -4.04. The highest BCUT2D eigenvalue weighted by Crippen LogP contribution is 2.44. The molecule has 1 aliphatic rings. The Kier molecular flexibility index (Phi) is 13.1. The standard InChI is InChI=1S/C32H45N5O8S/c1-3-5-14-32(15-8-19-37(31(42)43)27(32)13-17-35-30(41)26(38)4-2)16-18-34-28(39)21-25(29(33)40)36-46(44,45)24-12-11-22-9-6-7-10-23(22)20-24/h6-7,9-12,20,25,27,36H,3-5,8,13-19,21H2,1-2H3,(H2,33,40)(H,34,39)(H,35,41)(H,42,43)/t25-,27?,32?/m0/s1. The molecule has 1 fully saturated rings. The molecular weight excluding hydrogens is 614 g/mol. The number of ketones is 1. The van der Waals surface area contributed by atoms with Crippen LogP contribution in [0.15, 0.2) is 47.4 Å². The molecule has 0 radical (unpaired) electrons. The third-order valence-corrected chi connectivity index (χ3v) is 10.2. The number of piperidine rings is 1. The van der Waals surface area contributed by atoms with Crippen LogP contribution in [0.2, 0.25) is 0 Å². The minimum Gasteiger partial charge on any atom is -0.465 e. The molecule has 2 aromatic carbocycles. The molecule has 6 N–H and O–H groups in total. The fourth-order valence-corrected chi connectivity index (χ4v) is 7.50. The Morgan fingerprint density at radius 2 is 1.74 bits per heavy atom. The van der Waals surface area contributed by atoms with E-state index in [1.165, 1.54) is 17.0 Å². The zero-order chi connectivity index (χ0) is 33.9. The average molecular weight is 660 g/mol. The Morgan fingerprint density at radius 1 is 1.02 bits per heavy atom. The number of carboxylic acid groups (broad SMARTS) is 1. The number of amides is 4. The summed E-state index contributed by atoms with van der Waals surface area (Å²) in [4.78, 5) is 62.5. The van der Waals surface area contributed by atoms with Gasteiger partial charge in [0.15, 0.2) is 0 Å². The normalized spacial score (nSPS) is 18.9. The van der Waals surface area contributed by atoms with Crippen LogP contribution in [0.3, 0.4) is 0 Å². The van der Waals surface area contributed by atoms with Crippen molar-refractivity contribution in [3.63, 3.8) is 0 Å². The van der Waals surface area contributed by atoms with Gasteiger partial charge in [0.1, 0.15) is 6.04 Å². The number of unbranched alkanes of at least 4 members (excludes halogenated alkanes) is 1. The van der Waals surface area contributed by atoms with Crippen molar-refractivity contribution in [2.24, 2.45) is 11.1 Å². The first kappa shape index (κ1) is 36.4. The number of Topliss-reactive ketones (excluding diaryl/α,β-unsaturated/α-hetero) is 1. The van der Waals surface area contributed by atoms with Crippen LogP contribution < -0.4 is 21.1 Å². The number of nitrogens with one attached hydrogen (secondary N) is 3. The van der Waals surface area contributed by atoms with Crippen molar-refractivity contribution in [2.75, 3.05) is 19.6 Å². The van der Waals surface area contributed by atoms with Gasteiger partial charge in [0.05, 0.1) is 11.3 Å². The topological polar surface area (TPSA) is 205 Å². The first-order valence-electron chi connectivity index (χ1n) is 15.7. The molecule has 0 spiro atoms. The summed E-state index contributed by atoms with van der Waals surface area (Å²) >= 11 is 0. The molecule has 2 aromatic rings. The minimum absolute atomic E-state index is 0.0676. The summed E-state index contributed by atoms with van der Waals surface area (Å²) in [5.41, 5.74) is 4.97. The van der Waals surface area contributed by atoms with Crippen molar-refractivity contribution in [1.29, 1.82) is 0 Å². The lowest BCUT2D eigenvalue weighted by Gasteiger charge is -2.50. The fourth-order valence-electron chi connectivity index (χ4n) is 6.26. The molecule has 1 aliphatic heterocycles. The lowest BCUT2D eigenvalue weighted by molar-refractivity contribution is -0.137. The van der Waals surface area contributed by atoms with Gasteiger partial charge in [-0.25, -0.2) is 13.2 Å². The zero-order valence-electron chi connectivity index (χ0n) is 26.4. The van der Waals surface area contributed by atoms with Gasteiger partial charge < -0.3 is 26.4 Å². The summed E-state index contributed by atoms with van der Waals surface area (Å²) < 4.78 is 28.4. The third-order valence-electron chi connectivity index (χ3n) is 8.72. The SMILES string of the molecule is CCCCC1(CCNC(=O)C[C@H](NS(=O)(=O)c2ccc3ccccc3c2)C(N)=O)CCCN(C(=O)O)C1CCNC(=O)C(=O)CC. The summed E-state index contributed by atoms with van der Waals surface area (Å²) in [6, 6.07) is 9.77. The summed E-state index contributed by atoms with van der Waals surface area (Å²) in [6.07, 6.45) is 2.89. The van der Waals surface area contributed by atoms with E-state index in [9.17, 15) is 37.5 Å². The van der Waals surface area contributed by atoms with Crippen molar-refractivity contribution in [1.82, 2.24) is 20.3 Å². The summed E-state index contributed by atoms with van der Waals surface area (Å²) in [7, 11) is -4.19. The molecule has 3 atom stereocenters. The molecule has 2 unspecified atom stereocenters. The van der Waals surface area contributed by atoms with Crippen molar-refractivity contribution in [3.05, 3.63) is 42.5 Å². The largest absolute Gasteiger partial charge is 0.465 e. The van der Waals surface area contributed by atoms with E-state index >= 15 is 0 Å². The van der Waals surface area contributed by atoms with Gasteiger partial charge in [0, 0.05) is 32.1 Å². The Morgan fingerprint density at radius 3 is 2.39 bits per heavy atom. The average Bonchev–Trinajstić information content (AvgIpc) is 3.03. The number of hydrogen-bond acceptors (Lipinski definition) is 7. The van der Waals surface area contributed by atoms with E-state index < -0.39 is 63.5 Å². The van der Waals surface area contributed by atoms with Crippen molar-refractivity contribution in [2.45, 2.75) is 88.6 Å². The van der Waals surface area contributed by atoms with Crippen LogP contribution >= 0.6 is 0 Å². The highest BCUT2D eigenvalue weighted by Gasteiger charge is 2.45. The number of rotatable bonds is 17. The summed E-state index contributed by atoms with van der Waals surface area (Å²) in [5, 5.41) is 16.9. The molecule has 252 valence electrons. The quantitative estimate of drug-likeness (QED) is 0.159. The lowest BCUT2D eigenvalue weighted by Crippen LogP contribution is -2.56. The number of likely N-dealkylation sites (tertiary alicyclic amines) is 1. The maximum Gasteiger partial charge on any atom is 0.407 e. The highest BCUT2D eigenvalue weighted by molar-refractivity contribution is 7.89. The van der Waals surface area contributed by atoms with Gasteiger partial charge in [-0.3, -0.25) is 19.2 Å². The van der Waals surface area contributed by atoms with E-state index in [0.717, 1.165) is 18.2 Å². The molecule has 4 amide bonds. The van der Waals surface area contributed by atoms with Crippen molar-refractivity contribution >= 4 is 50.4 Å². The molecule has 0 aromatic heterocycles. The maximum atomic E-state index is 13.1. The Bertz CT molecular complexity index is 1530. The number of carbonyl (C=O) groups is 5. The van der Waals surface area contributed by atoms with Gasteiger partial charge >= 0.3 is 6.09 Å². The smallest absolute Gasteiger partial charge is 0.407 e. The molecule has 46 heavy (non-hydrogen) atoms. The second-order valence-electron chi connectivity index (χ2n) is 11.8. The van der Waals surface area contributed by atoms with E-state index in [-0.39, 0.29) is 24.4 Å². The van der Waals surface area contributed by atoms with Gasteiger partial charge in [0.2, 0.25) is 27.6 Å². The van der Waals surface area contributed by atoms with Crippen molar-refractivity contribution < 1.29 is 37.5 Å². The molecule has 1 saturated heterocycles. The number of primary amides is 1. The van der Waals surface area contributed by atoms with E-state index in [0.29, 0.717) is 44.0 Å². The predicted molar refractivity (Wildman–Crippen MR) is 172 cm³/mol. The van der Waals surface area contributed by atoms with Crippen molar-refractivity contribution in [3.8, 4) is 0 Å². The number of nitrogens with zero attached hydrogens (tertiary/aromatic N) is 1.